The van der Waals surface area contributed by atoms with Crippen LogP contribution in [0.3, 0.4) is 0 Å². The molecule has 3 atom stereocenters. The lowest BCUT2D eigenvalue weighted by Gasteiger charge is -2.37. The van der Waals surface area contributed by atoms with Gasteiger partial charge in [0, 0.05) is 18.5 Å². The van der Waals surface area contributed by atoms with Crippen LogP contribution in [0.1, 0.15) is 33.6 Å². The number of piperidine rings is 1. The lowest BCUT2D eigenvalue weighted by atomic mass is 9.92. The quantitative estimate of drug-likeness (QED) is 0.413. The summed E-state index contributed by atoms with van der Waals surface area (Å²) in [6.07, 6.45) is 2.47. The zero-order valence-corrected chi connectivity index (χ0v) is 9.99. The molecule has 88 valence electrons. The second kappa shape index (κ2) is 5.47. The first kappa shape index (κ1) is 12.5. The van der Waals surface area contributed by atoms with Gasteiger partial charge in [-0.25, -0.2) is 5.84 Å². The molecule has 0 aromatic carbocycles. The van der Waals surface area contributed by atoms with Crippen molar-refractivity contribution in [1.82, 2.24) is 10.3 Å². The molecule has 3 unspecified atom stereocenters. The van der Waals surface area contributed by atoms with Crippen molar-refractivity contribution in [2.75, 3.05) is 13.1 Å². The van der Waals surface area contributed by atoms with Crippen molar-refractivity contribution >= 4 is 5.91 Å². The molecule has 1 amide bonds. The number of carbonyl (C=O) groups is 1. The highest BCUT2D eigenvalue weighted by atomic mass is 16.2. The SMILES string of the molecule is CC1CCN(CC(C)C(=O)NN)C(C)C1. The fourth-order valence-corrected chi connectivity index (χ4v) is 2.30. The molecule has 3 N–H and O–H groups in total. The van der Waals surface area contributed by atoms with Crippen LogP contribution >= 0.6 is 0 Å². The Morgan fingerprint density at radius 2 is 2.27 bits per heavy atom. The van der Waals surface area contributed by atoms with Gasteiger partial charge in [-0.1, -0.05) is 13.8 Å². The maximum Gasteiger partial charge on any atom is 0.237 e. The molecule has 0 saturated carbocycles. The van der Waals surface area contributed by atoms with E-state index in [0.29, 0.717) is 6.04 Å². The van der Waals surface area contributed by atoms with E-state index in [-0.39, 0.29) is 11.8 Å². The van der Waals surface area contributed by atoms with Crippen molar-refractivity contribution < 1.29 is 4.79 Å². The number of likely N-dealkylation sites (tertiary alicyclic amines) is 1. The number of hydrogen-bond donors (Lipinski definition) is 2. The highest BCUT2D eigenvalue weighted by Crippen LogP contribution is 2.22. The minimum atomic E-state index is -0.0687. The first-order valence-electron chi connectivity index (χ1n) is 5.79. The van der Waals surface area contributed by atoms with E-state index in [9.17, 15) is 4.79 Å². The predicted octanol–water partition coefficient (Wildman–Crippen LogP) is 0.733. The molecule has 0 aliphatic carbocycles. The van der Waals surface area contributed by atoms with Gasteiger partial charge in [0.05, 0.1) is 0 Å². The molecule has 4 nitrogen and oxygen atoms in total. The molecular formula is C11H23N3O. The summed E-state index contributed by atoms with van der Waals surface area (Å²) < 4.78 is 0. The zero-order chi connectivity index (χ0) is 11.4. The topological polar surface area (TPSA) is 58.4 Å². The number of carbonyl (C=O) groups excluding carboxylic acids is 1. The van der Waals surface area contributed by atoms with Crippen LogP contribution < -0.4 is 11.3 Å². The fourth-order valence-electron chi connectivity index (χ4n) is 2.30. The fraction of sp³-hybridized carbons (Fsp3) is 0.909. The Morgan fingerprint density at radius 1 is 1.60 bits per heavy atom. The van der Waals surface area contributed by atoms with Gasteiger partial charge in [-0.2, -0.15) is 0 Å². The Balaban J connectivity index is 2.41. The van der Waals surface area contributed by atoms with Gasteiger partial charge < -0.3 is 0 Å². The van der Waals surface area contributed by atoms with Gasteiger partial charge >= 0.3 is 0 Å². The first-order valence-corrected chi connectivity index (χ1v) is 5.79. The Labute approximate surface area is 92.2 Å². The molecular weight excluding hydrogens is 190 g/mol. The van der Waals surface area contributed by atoms with Crippen LogP contribution in [0.2, 0.25) is 0 Å². The van der Waals surface area contributed by atoms with Crippen molar-refractivity contribution in [3.63, 3.8) is 0 Å². The third kappa shape index (κ3) is 3.47. The summed E-state index contributed by atoms with van der Waals surface area (Å²) in [5.74, 6) is 5.84. The van der Waals surface area contributed by atoms with E-state index in [4.69, 9.17) is 5.84 Å². The second-order valence-electron chi connectivity index (χ2n) is 4.88. The van der Waals surface area contributed by atoms with Gasteiger partial charge in [0.25, 0.3) is 0 Å². The van der Waals surface area contributed by atoms with Gasteiger partial charge in [-0.3, -0.25) is 15.1 Å². The number of amides is 1. The lowest BCUT2D eigenvalue weighted by Crippen LogP contribution is -2.46. The van der Waals surface area contributed by atoms with Crippen LogP contribution in [0.5, 0.6) is 0 Å². The lowest BCUT2D eigenvalue weighted by molar-refractivity contribution is -0.125. The maximum atomic E-state index is 11.3. The largest absolute Gasteiger partial charge is 0.300 e. The van der Waals surface area contributed by atoms with Crippen molar-refractivity contribution in [3.05, 3.63) is 0 Å². The van der Waals surface area contributed by atoms with Crippen LogP contribution in [-0.4, -0.2) is 29.9 Å². The minimum absolute atomic E-state index is 0.0224. The molecule has 0 spiro atoms. The smallest absolute Gasteiger partial charge is 0.237 e. The summed E-state index contributed by atoms with van der Waals surface area (Å²) in [5.41, 5.74) is 2.21. The number of rotatable bonds is 3. The molecule has 1 aliphatic heterocycles. The van der Waals surface area contributed by atoms with Gasteiger partial charge in [0.2, 0.25) is 5.91 Å². The number of nitrogens with one attached hydrogen (secondary N) is 1. The summed E-state index contributed by atoms with van der Waals surface area (Å²) in [6.45, 7) is 8.38. The van der Waals surface area contributed by atoms with Gasteiger partial charge in [0.1, 0.15) is 0 Å². The number of hydrogen-bond acceptors (Lipinski definition) is 3. The maximum absolute atomic E-state index is 11.3. The van der Waals surface area contributed by atoms with Crippen LogP contribution in [0.15, 0.2) is 0 Å². The van der Waals surface area contributed by atoms with E-state index < -0.39 is 0 Å². The third-order valence-electron chi connectivity index (χ3n) is 3.37. The molecule has 4 heteroatoms. The Hall–Kier alpha value is -0.610. The molecule has 0 aromatic rings. The van der Waals surface area contributed by atoms with Gasteiger partial charge in [0.15, 0.2) is 0 Å². The third-order valence-corrected chi connectivity index (χ3v) is 3.37. The van der Waals surface area contributed by atoms with Crippen LogP contribution in [0, 0.1) is 11.8 Å². The van der Waals surface area contributed by atoms with E-state index in [2.05, 4.69) is 24.2 Å². The van der Waals surface area contributed by atoms with Crippen molar-refractivity contribution in [1.29, 1.82) is 0 Å². The normalized spacial score (nSPS) is 29.9. The molecule has 1 rings (SSSR count). The molecule has 0 radical (unpaired) electrons. The van der Waals surface area contributed by atoms with Crippen molar-refractivity contribution in [2.45, 2.75) is 39.7 Å². The molecule has 0 aromatic heterocycles. The predicted molar refractivity (Wildman–Crippen MR) is 60.9 cm³/mol. The Morgan fingerprint density at radius 3 is 2.80 bits per heavy atom. The zero-order valence-electron chi connectivity index (χ0n) is 9.99. The van der Waals surface area contributed by atoms with E-state index in [1.165, 1.54) is 12.8 Å². The van der Waals surface area contributed by atoms with E-state index in [1.54, 1.807) is 0 Å². The Kier molecular flexibility index (Phi) is 4.54. The minimum Gasteiger partial charge on any atom is -0.300 e. The molecule has 1 aliphatic rings. The molecule has 1 saturated heterocycles. The summed E-state index contributed by atoms with van der Waals surface area (Å²) in [7, 11) is 0. The number of hydrazine groups is 1. The summed E-state index contributed by atoms with van der Waals surface area (Å²) >= 11 is 0. The number of nitrogens with zero attached hydrogens (tertiary/aromatic N) is 1. The summed E-state index contributed by atoms with van der Waals surface area (Å²) in [5, 5.41) is 0. The first-order chi connectivity index (χ1) is 7.04. The summed E-state index contributed by atoms with van der Waals surface area (Å²) in [6, 6.07) is 0.585. The van der Waals surface area contributed by atoms with E-state index in [1.807, 2.05) is 6.92 Å². The standard InChI is InChI=1S/C11H23N3O/c1-8-4-5-14(10(3)6-8)7-9(2)11(15)13-12/h8-10H,4-7,12H2,1-3H3,(H,13,15). The monoisotopic (exact) mass is 213 g/mol. The Bertz CT molecular complexity index is 220. The van der Waals surface area contributed by atoms with Crippen LogP contribution in [-0.2, 0) is 4.79 Å². The van der Waals surface area contributed by atoms with Gasteiger partial charge in [-0.15, -0.1) is 0 Å². The van der Waals surface area contributed by atoms with Crippen molar-refractivity contribution in [3.8, 4) is 0 Å². The molecule has 15 heavy (non-hydrogen) atoms. The average Bonchev–Trinajstić information content (AvgIpc) is 2.20. The van der Waals surface area contributed by atoms with Crippen LogP contribution in [0.4, 0.5) is 0 Å². The average molecular weight is 213 g/mol. The van der Waals surface area contributed by atoms with E-state index in [0.717, 1.165) is 19.0 Å². The van der Waals surface area contributed by atoms with E-state index >= 15 is 0 Å². The summed E-state index contributed by atoms with van der Waals surface area (Å²) in [4.78, 5) is 13.7. The molecule has 0 bridgehead atoms. The van der Waals surface area contributed by atoms with Gasteiger partial charge in [-0.05, 0) is 32.2 Å². The number of nitrogens with two attached hydrogens (primary N) is 1. The molecule has 1 heterocycles. The van der Waals surface area contributed by atoms with Crippen molar-refractivity contribution in [2.24, 2.45) is 17.7 Å². The highest BCUT2D eigenvalue weighted by Gasteiger charge is 2.25. The molecule has 1 fully saturated rings. The second-order valence-corrected chi connectivity index (χ2v) is 4.88. The highest BCUT2D eigenvalue weighted by molar-refractivity contribution is 5.77. The van der Waals surface area contributed by atoms with Crippen LogP contribution in [0.25, 0.3) is 0 Å².